The van der Waals surface area contributed by atoms with Gasteiger partial charge in [0, 0.05) is 6.04 Å². The van der Waals surface area contributed by atoms with E-state index < -0.39 is 9.84 Å². The maximum atomic E-state index is 11.4. The van der Waals surface area contributed by atoms with E-state index in [-0.39, 0.29) is 12.0 Å². The summed E-state index contributed by atoms with van der Waals surface area (Å²) in [5.74, 6) is 0.986. The van der Waals surface area contributed by atoms with Gasteiger partial charge in [-0.2, -0.15) is 0 Å². The van der Waals surface area contributed by atoms with Crippen molar-refractivity contribution in [2.45, 2.75) is 26.3 Å². The van der Waals surface area contributed by atoms with Crippen LogP contribution in [0.2, 0.25) is 0 Å². The summed E-state index contributed by atoms with van der Waals surface area (Å²) in [7, 11) is -2.76. The second-order valence-electron chi connectivity index (χ2n) is 5.26. The van der Waals surface area contributed by atoms with Crippen molar-refractivity contribution >= 4 is 9.84 Å². The second kappa shape index (κ2) is 5.41. The van der Waals surface area contributed by atoms with Gasteiger partial charge in [0.05, 0.1) is 11.5 Å². The first kappa shape index (κ1) is 13.6. The van der Waals surface area contributed by atoms with E-state index in [1.165, 1.54) is 11.1 Å². The molecule has 3 nitrogen and oxygen atoms in total. The summed E-state index contributed by atoms with van der Waals surface area (Å²) in [6.07, 6.45) is 0.801. The molecule has 0 amide bonds. The van der Waals surface area contributed by atoms with Gasteiger partial charge in [-0.05, 0) is 43.9 Å². The van der Waals surface area contributed by atoms with E-state index in [1.807, 2.05) is 12.1 Å². The van der Waals surface area contributed by atoms with Crippen LogP contribution in [0.15, 0.2) is 24.3 Å². The maximum Gasteiger partial charge on any atom is 0.150 e. The van der Waals surface area contributed by atoms with E-state index in [1.54, 1.807) is 0 Å². The Labute approximate surface area is 110 Å². The van der Waals surface area contributed by atoms with Gasteiger partial charge in [0.1, 0.15) is 0 Å². The van der Waals surface area contributed by atoms with Crippen molar-refractivity contribution in [1.29, 1.82) is 0 Å². The summed E-state index contributed by atoms with van der Waals surface area (Å²) in [5.41, 5.74) is 2.56. The topological polar surface area (TPSA) is 46.2 Å². The highest BCUT2D eigenvalue weighted by atomic mass is 32.2. The highest BCUT2D eigenvalue weighted by molar-refractivity contribution is 7.91. The molecule has 0 saturated carbocycles. The largest absolute Gasteiger partial charge is 0.310 e. The average Bonchev–Trinajstić information content (AvgIpc) is 2.66. The predicted molar refractivity (Wildman–Crippen MR) is 74.4 cm³/mol. The lowest BCUT2D eigenvalue weighted by molar-refractivity contribution is 0.475. The number of sulfone groups is 1. The zero-order valence-corrected chi connectivity index (χ0v) is 11.8. The molecule has 2 unspecified atom stereocenters. The standard InChI is InChI=1S/C14H21NO2S/c1-11-5-3-4-6-14(11)12(2)15-9-13-7-8-18(16,17)10-13/h3-6,12-13,15H,7-10H2,1-2H3. The minimum Gasteiger partial charge on any atom is -0.310 e. The molecule has 1 fully saturated rings. The van der Waals surface area contributed by atoms with E-state index in [4.69, 9.17) is 0 Å². The normalized spacial score (nSPS) is 24.0. The SMILES string of the molecule is Cc1ccccc1C(C)NCC1CCS(=O)(=O)C1. The quantitative estimate of drug-likeness (QED) is 0.908. The molecule has 1 N–H and O–H groups in total. The molecule has 2 rings (SSSR count). The highest BCUT2D eigenvalue weighted by Gasteiger charge is 2.27. The minimum atomic E-state index is -2.76. The third-order valence-corrected chi connectivity index (χ3v) is 5.53. The molecule has 1 saturated heterocycles. The first-order valence-electron chi connectivity index (χ1n) is 6.47. The van der Waals surface area contributed by atoms with Gasteiger partial charge in [0.2, 0.25) is 0 Å². The molecule has 1 aliphatic rings. The Morgan fingerprint density at radius 3 is 2.72 bits per heavy atom. The van der Waals surface area contributed by atoms with Crippen LogP contribution in [0.4, 0.5) is 0 Å². The Hall–Kier alpha value is -0.870. The molecule has 100 valence electrons. The zero-order valence-electron chi connectivity index (χ0n) is 11.0. The predicted octanol–water partition coefficient (Wildman–Crippen LogP) is 2.08. The Morgan fingerprint density at radius 1 is 1.39 bits per heavy atom. The molecule has 1 aromatic carbocycles. The molecule has 4 heteroatoms. The highest BCUT2D eigenvalue weighted by Crippen LogP contribution is 2.20. The van der Waals surface area contributed by atoms with E-state index in [0.717, 1.165) is 13.0 Å². The smallest absolute Gasteiger partial charge is 0.150 e. The number of nitrogens with one attached hydrogen (secondary N) is 1. The Balaban J connectivity index is 1.90. The molecule has 0 radical (unpaired) electrons. The van der Waals surface area contributed by atoms with Crippen LogP contribution in [-0.2, 0) is 9.84 Å². The van der Waals surface area contributed by atoms with Gasteiger partial charge in [-0.1, -0.05) is 24.3 Å². The van der Waals surface area contributed by atoms with E-state index in [2.05, 4.69) is 31.3 Å². The Morgan fingerprint density at radius 2 is 2.11 bits per heavy atom. The second-order valence-corrected chi connectivity index (χ2v) is 7.48. The van der Waals surface area contributed by atoms with Crippen LogP contribution >= 0.6 is 0 Å². The van der Waals surface area contributed by atoms with Crippen molar-refractivity contribution < 1.29 is 8.42 Å². The van der Waals surface area contributed by atoms with Crippen LogP contribution in [-0.4, -0.2) is 26.5 Å². The summed E-state index contributed by atoms with van der Waals surface area (Å²) in [6, 6.07) is 8.58. The fourth-order valence-electron chi connectivity index (χ4n) is 2.56. The number of aryl methyl sites for hydroxylation is 1. The summed E-state index contributed by atoms with van der Waals surface area (Å²) < 4.78 is 22.8. The van der Waals surface area contributed by atoms with Crippen LogP contribution in [0.5, 0.6) is 0 Å². The monoisotopic (exact) mass is 267 g/mol. The molecule has 1 heterocycles. The maximum absolute atomic E-state index is 11.4. The molecular weight excluding hydrogens is 246 g/mol. The molecule has 0 spiro atoms. The van der Waals surface area contributed by atoms with Crippen LogP contribution in [0.25, 0.3) is 0 Å². The minimum absolute atomic E-state index is 0.273. The number of rotatable bonds is 4. The Kier molecular flexibility index (Phi) is 4.07. The number of benzene rings is 1. The van der Waals surface area contributed by atoms with Gasteiger partial charge >= 0.3 is 0 Å². The first-order valence-corrected chi connectivity index (χ1v) is 8.29. The molecular formula is C14H21NO2S. The number of hydrogen-bond acceptors (Lipinski definition) is 3. The molecule has 0 bridgehead atoms. The van der Waals surface area contributed by atoms with Gasteiger partial charge in [-0.15, -0.1) is 0 Å². The molecule has 0 aromatic heterocycles. The summed E-state index contributed by atoms with van der Waals surface area (Å²) >= 11 is 0. The van der Waals surface area contributed by atoms with Gasteiger partial charge in [-0.25, -0.2) is 8.42 Å². The van der Waals surface area contributed by atoms with Crippen molar-refractivity contribution in [1.82, 2.24) is 5.32 Å². The van der Waals surface area contributed by atoms with Crippen LogP contribution < -0.4 is 5.32 Å². The van der Waals surface area contributed by atoms with Crippen molar-refractivity contribution in [2.24, 2.45) is 5.92 Å². The molecule has 2 atom stereocenters. The third kappa shape index (κ3) is 3.33. The molecule has 1 aliphatic heterocycles. The summed E-state index contributed by atoms with van der Waals surface area (Å²) in [4.78, 5) is 0. The van der Waals surface area contributed by atoms with Crippen molar-refractivity contribution in [2.75, 3.05) is 18.1 Å². The molecule has 18 heavy (non-hydrogen) atoms. The van der Waals surface area contributed by atoms with Gasteiger partial charge < -0.3 is 5.32 Å². The first-order chi connectivity index (χ1) is 8.48. The van der Waals surface area contributed by atoms with Crippen molar-refractivity contribution in [3.63, 3.8) is 0 Å². The lowest BCUT2D eigenvalue weighted by atomic mass is 10.0. The summed E-state index contributed by atoms with van der Waals surface area (Å²) in [5, 5.41) is 3.46. The van der Waals surface area contributed by atoms with Gasteiger partial charge in [0.25, 0.3) is 0 Å². The average molecular weight is 267 g/mol. The number of hydrogen-bond donors (Lipinski definition) is 1. The van der Waals surface area contributed by atoms with Gasteiger partial charge in [0.15, 0.2) is 9.84 Å². The lowest BCUT2D eigenvalue weighted by Crippen LogP contribution is -2.26. The Bertz CT molecular complexity index is 510. The fraction of sp³-hybridized carbons (Fsp3) is 0.571. The van der Waals surface area contributed by atoms with Crippen molar-refractivity contribution in [3.8, 4) is 0 Å². The third-order valence-electron chi connectivity index (χ3n) is 3.69. The van der Waals surface area contributed by atoms with Crippen LogP contribution in [0, 0.1) is 12.8 Å². The van der Waals surface area contributed by atoms with E-state index in [9.17, 15) is 8.42 Å². The lowest BCUT2D eigenvalue weighted by Gasteiger charge is -2.18. The van der Waals surface area contributed by atoms with E-state index in [0.29, 0.717) is 11.5 Å². The van der Waals surface area contributed by atoms with Gasteiger partial charge in [-0.3, -0.25) is 0 Å². The van der Waals surface area contributed by atoms with Crippen LogP contribution in [0.1, 0.15) is 30.5 Å². The zero-order chi connectivity index (χ0) is 13.2. The fourth-order valence-corrected chi connectivity index (χ4v) is 4.42. The molecule has 1 aromatic rings. The molecule has 0 aliphatic carbocycles. The van der Waals surface area contributed by atoms with Crippen LogP contribution in [0.3, 0.4) is 0 Å². The summed E-state index contributed by atoms with van der Waals surface area (Å²) in [6.45, 7) is 5.02. The van der Waals surface area contributed by atoms with Crippen molar-refractivity contribution in [3.05, 3.63) is 35.4 Å². The van der Waals surface area contributed by atoms with E-state index >= 15 is 0 Å².